The summed E-state index contributed by atoms with van der Waals surface area (Å²) in [7, 11) is 1.98. The quantitative estimate of drug-likeness (QED) is 0.749. The molecule has 0 fully saturated rings. The largest absolute Gasteiger partial charge is 0.376 e. The van der Waals surface area contributed by atoms with Crippen LogP contribution in [-0.2, 0) is 7.05 Å². The minimum atomic E-state index is 0.0918. The number of anilines is 1. The Morgan fingerprint density at radius 2 is 2.00 bits per heavy atom. The molecule has 0 radical (unpaired) electrons. The van der Waals surface area contributed by atoms with Gasteiger partial charge in [-0.05, 0) is 32.0 Å². The molecule has 0 atom stereocenters. The Hall–Kier alpha value is -2.62. The highest BCUT2D eigenvalue weighted by Crippen LogP contribution is 2.21. The molecule has 4 nitrogen and oxygen atoms in total. The van der Waals surface area contributed by atoms with Crippen molar-refractivity contribution in [2.45, 2.75) is 13.8 Å². The highest BCUT2D eigenvalue weighted by atomic mass is 16.1. The van der Waals surface area contributed by atoms with E-state index in [1.54, 1.807) is 6.20 Å². The Kier molecular flexibility index (Phi) is 3.67. The molecule has 0 unspecified atom stereocenters. The van der Waals surface area contributed by atoms with Gasteiger partial charge in [-0.25, -0.2) is 0 Å². The van der Waals surface area contributed by atoms with E-state index in [1.165, 1.54) is 0 Å². The minimum absolute atomic E-state index is 0.0918. The van der Waals surface area contributed by atoms with E-state index in [9.17, 15) is 4.79 Å². The molecule has 0 saturated heterocycles. The van der Waals surface area contributed by atoms with Gasteiger partial charge in [0, 0.05) is 35.6 Å². The number of benzene rings is 1. The van der Waals surface area contributed by atoms with E-state index in [-0.39, 0.29) is 12.3 Å². The summed E-state index contributed by atoms with van der Waals surface area (Å²) in [5, 5.41) is 4.28. The number of aromatic nitrogens is 2. The van der Waals surface area contributed by atoms with E-state index in [0.29, 0.717) is 0 Å². The highest BCUT2D eigenvalue weighted by molar-refractivity contribution is 6.01. The van der Waals surface area contributed by atoms with Gasteiger partial charge in [-0.1, -0.05) is 18.2 Å². The van der Waals surface area contributed by atoms with Crippen LogP contribution in [0.4, 0.5) is 5.69 Å². The standard InChI is InChI=1S/C18H19N3O/c1-12-10-15(13(2)21(12)3)17(22)11-20-16-8-4-6-14-7-5-9-19-18(14)16/h4-10,20H,11H2,1-3H3. The first-order valence-corrected chi connectivity index (χ1v) is 7.31. The Morgan fingerprint density at radius 3 is 2.73 bits per heavy atom. The maximum Gasteiger partial charge on any atom is 0.183 e. The minimum Gasteiger partial charge on any atom is -0.376 e. The van der Waals surface area contributed by atoms with E-state index >= 15 is 0 Å². The molecule has 22 heavy (non-hydrogen) atoms. The number of hydrogen-bond donors (Lipinski definition) is 1. The Balaban J connectivity index is 1.82. The summed E-state index contributed by atoms with van der Waals surface area (Å²) in [6.07, 6.45) is 1.76. The molecule has 0 spiro atoms. The highest BCUT2D eigenvalue weighted by Gasteiger charge is 2.14. The monoisotopic (exact) mass is 293 g/mol. The van der Waals surface area contributed by atoms with Crippen LogP contribution in [-0.4, -0.2) is 21.9 Å². The van der Waals surface area contributed by atoms with E-state index in [1.807, 2.05) is 61.9 Å². The number of nitrogens with zero attached hydrogens (tertiary/aromatic N) is 2. The van der Waals surface area contributed by atoms with Crippen molar-refractivity contribution in [2.24, 2.45) is 7.05 Å². The predicted molar refractivity (Wildman–Crippen MR) is 89.5 cm³/mol. The fourth-order valence-corrected chi connectivity index (χ4v) is 2.66. The lowest BCUT2D eigenvalue weighted by molar-refractivity contribution is 0.101. The zero-order valence-corrected chi connectivity index (χ0v) is 13.1. The second-order valence-electron chi connectivity index (χ2n) is 5.50. The van der Waals surface area contributed by atoms with E-state index in [4.69, 9.17) is 0 Å². The summed E-state index contributed by atoms with van der Waals surface area (Å²) >= 11 is 0. The summed E-state index contributed by atoms with van der Waals surface area (Å²) in [6.45, 7) is 4.24. The Morgan fingerprint density at radius 1 is 1.23 bits per heavy atom. The van der Waals surface area contributed by atoms with Crippen molar-refractivity contribution < 1.29 is 4.79 Å². The molecule has 2 aromatic heterocycles. The molecule has 0 aliphatic rings. The average Bonchev–Trinajstić information content (AvgIpc) is 2.80. The first-order chi connectivity index (χ1) is 10.6. The Bertz CT molecular complexity index is 843. The molecular weight excluding hydrogens is 274 g/mol. The number of aryl methyl sites for hydroxylation is 1. The molecule has 3 rings (SSSR count). The number of rotatable bonds is 4. The van der Waals surface area contributed by atoms with Crippen molar-refractivity contribution in [1.82, 2.24) is 9.55 Å². The van der Waals surface area contributed by atoms with E-state index in [2.05, 4.69) is 10.3 Å². The zero-order chi connectivity index (χ0) is 15.7. The van der Waals surface area contributed by atoms with Crippen LogP contribution in [0.3, 0.4) is 0 Å². The van der Waals surface area contributed by atoms with Gasteiger partial charge < -0.3 is 9.88 Å². The molecule has 3 aromatic rings. The predicted octanol–water partition coefficient (Wildman–Crippen LogP) is 3.48. The lowest BCUT2D eigenvalue weighted by Gasteiger charge is -2.08. The molecule has 0 saturated carbocycles. The van der Waals surface area contributed by atoms with Crippen LogP contribution in [0.15, 0.2) is 42.6 Å². The summed E-state index contributed by atoms with van der Waals surface area (Å²) in [4.78, 5) is 16.8. The lowest BCUT2D eigenvalue weighted by atomic mass is 10.1. The van der Waals surface area contributed by atoms with Crippen molar-refractivity contribution in [2.75, 3.05) is 11.9 Å². The van der Waals surface area contributed by atoms with Crippen LogP contribution in [0.5, 0.6) is 0 Å². The molecule has 0 bridgehead atoms. The third kappa shape index (κ3) is 2.48. The number of pyridine rings is 1. The van der Waals surface area contributed by atoms with Crippen LogP contribution in [0.1, 0.15) is 21.7 Å². The fourth-order valence-electron chi connectivity index (χ4n) is 2.66. The van der Waals surface area contributed by atoms with Gasteiger partial charge in [0.2, 0.25) is 0 Å². The summed E-state index contributed by atoms with van der Waals surface area (Å²) < 4.78 is 2.03. The number of hydrogen-bond acceptors (Lipinski definition) is 3. The summed E-state index contributed by atoms with van der Waals surface area (Å²) in [5.41, 5.74) is 4.64. The maximum absolute atomic E-state index is 12.4. The van der Waals surface area contributed by atoms with Crippen molar-refractivity contribution in [3.8, 4) is 0 Å². The smallest absolute Gasteiger partial charge is 0.183 e. The third-order valence-corrected chi connectivity index (χ3v) is 4.15. The second kappa shape index (κ2) is 5.64. The van der Waals surface area contributed by atoms with Crippen LogP contribution in [0.25, 0.3) is 10.9 Å². The molecular formula is C18H19N3O. The van der Waals surface area contributed by atoms with Gasteiger partial charge in [0.25, 0.3) is 0 Å². The topological polar surface area (TPSA) is 46.9 Å². The molecule has 1 N–H and O–H groups in total. The molecule has 0 aliphatic heterocycles. The fraction of sp³-hybridized carbons (Fsp3) is 0.222. The van der Waals surface area contributed by atoms with Crippen LogP contribution in [0, 0.1) is 13.8 Å². The van der Waals surface area contributed by atoms with Crippen molar-refractivity contribution >= 4 is 22.4 Å². The number of para-hydroxylation sites is 1. The molecule has 0 aliphatic carbocycles. The maximum atomic E-state index is 12.4. The number of carbonyl (C=O) groups excluding carboxylic acids is 1. The van der Waals surface area contributed by atoms with Crippen LogP contribution in [0.2, 0.25) is 0 Å². The van der Waals surface area contributed by atoms with E-state index in [0.717, 1.165) is 33.5 Å². The SMILES string of the molecule is Cc1cc(C(=O)CNc2cccc3cccnc23)c(C)n1C. The van der Waals surface area contributed by atoms with Crippen LogP contribution < -0.4 is 5.32 Å². The van der Waals surface area contributed by atoms with E-state index < -0.39 is 0 Å². The number of ketones is 1. The van der Waals surface area contributed by atoms with Gasteiger partial charge in [-0.2, -0.15) is 0 Å². The number of Topliss-reactive ketones (excluding diaryl/α,β-unsaturated/α-hetero) is 1. The van der Waals surface area contributed by atoms with Gasteiger partial charge in [0.1, 0.15) is 0 Å². The van der Waals surface area contributed by atoms with Crippen molar-refractivity contribution in [3.63, 3.8) is 0 Å². The van der Waals surface area contributed by atoms with Crippen molar-refractivity contribution in [3.05, 3.63) is 59.5 Å². The molecule has 4 heteroatoms. The number of fused-ring (bicyclic) bond motifs is 1. The van der Waals surface area contributed by atoms with Gasteiger partial charge >= 0.3 is 0 Å². The zero-order valence-electron chi connectivity index (χ0n) is 13.1. The Labute approximate surface area is 129 Å². The molecule has 0 amide bonds. The molecule has 1 aromatic carbocycles. The average molecular weight is 293 g/mol. The molecule has 112 valence electrons. The van der Waals surface area contributed by atoms with Gasteiger partial charge in [-0.3, -0.25) is 9.78 Å². The van der Waals surface area contributed by atoms with Crippen molar-refractivity contribution in [1.29, 1.82) is 0 Å². The first-order valence-electron chi connectivity index (χ1n) is 7.31. The van der Waals surface area contributed by atoms with Crippen LogP contribution >= 0.6 is 0 Å². The number of nitrogens with one attached hydrogen (secondary N) is 1. The summed E-state index contributed by atoms with van der Waals surface area (Å²) in [6, 6.07) is 11.8. The number of carbonyl (C=O) groups is 1. The van der Waals surface area contributed by atoms with Gasteiger partial charge in [0.15, 0.2) is 5.78 Å². The lowest BCUT2D eigenvalue weighted by Crippen LogP contribution is -2.15. The second-order valence-corrected chi connectivity index (χ2v) is 5.50. The van der Waals surface area contributed by atoms with Gasteiger partial charge in [0.05, 0.1) is 17.7 Å². The van der Waals surface area contributed by atoms with Gasteiger partial charge in [-0.15, -0.1) is 0 Å². The summed E-state index contributed by atoms with van der Waals surface area (Å²) in [5.74, 6) is 0.0918. The molecule has 2 heterocycles. The first kappa shape index (κ1) is 14.3. The normalized spacial score (nSPS) is 10.9. The third-order valence-electron chi connectivity index (χ3n) is 4.15.